The van der Waals surface area contributed by atoms with Crippen LogP contribution < -0.4 is 16.0 Å². The molecular formula is C27H41N5O4. The minimum absolute atomic E-state index is 0.0124. The molecule has 36 heavy (non-hydrogen) atoms. The molecule has 4 fully saturated rings. The molecule has 1 saturated carbocycles. The number of rotatable bonds is 1. The highest BCUT2D eigenvalue weighted by Crippen LogP contribution is 2.65. The molecule has 0 spiro atoms. The van der Waals surface area contributed by atoms with Gasteiger partial charge in [-0.15, -0.1) is 0 Å². The van der Waals surface area contributed by atoms with Crippen molar-refractivity contribution in [1.82, 2.24) is 20.9 Å². The summed E-state index contributed by atoms with van der Waals surface area (Å²) in [6, 6.07) is 0.00683. The highest BCUT2D eigenvalue weighted by atomic mass is 16.2. The Bertz CT molecular complexity index is 964. The maximum atomic E-state index is 13.8. The lowest BCUT2D eigenvalue weighted by atomic mass is 9.78. The van der Waals surface area contributed by atoms with Crippen LogP contribution in [0.5, 0.6) is 0 Å². The number of carbonyl (C=O) groups is 4. The van der Waals surface area contributed by atoms with Crippen LogP contribution in [0.3, 0.4) is 0 Å². The number of nitrogens with zero attached hydrogens (tertiary/aromatic N) is 2. The second kappa shape index (κ2) is 9.68. The van der Waals surface area contributed by atoms with Crippen LogP contribution in [-0.2, 0) is 19.2 Å². The number of nitrogens with one attached hydrogen (secondary N) is 3. The van der Waals surface area contributed by atoms with Gasteiger partial charge >= 0.3 is 0 Å². The topological polar surface area (TPSA) is 131 Å². The number of piperidine rings is 2. The van der Waals surface area contributed by atoms with E-state index in [0.29, 0.717) is 19.5 Å². The molecule has 198 valence electrons. The predicted octanol–water partition coefficient (Wildman–Crippen LogP) is 1.73. The molecule has 0 aromatic rings. The summed E-state index contributed by atoms with van der Waals surface area (Å²) in [5.41, 5.74) is -0.709. The summed E-state index contributed by atoms with van der Waals surface area (Å²) in [4.78, 5) is 54.6. The highest BCUT2D eigenvalue weighted by Gasteiger charge is 2.69. The van der Waals surface area contributed by atoms with Crippen molar-refractivity contribution in [2.45, 2.75) is 91.3 Å². The summed E-state index contributed by atoms with van der Waals surface area (Å²) in [7, 11) is 0. The first-order valence-electron chi connectivity index (χ1n) is 13.5. The SMILES string of the molecule is CC(C)(C)C(=O)N[C@H]1CCCC[C@H]2CCNC(=O)[C@@H]2C[C@@H](C#N)NC(=O)[C@@H]2[C@@H]3[C@H](CN2C1=O)C3(C)C. The molecule has 0 aromatic heterocycles. The molecule has 3 heterocycles. The summed E-state index contributed by atoms with van der Waals surface area (Å²) in [5, 5.41) is 18.6. The van der Waals surface area contributed by atoms with E-state index in [4.69, 9.17) is 0 Å². The Morgan fingerprint density at radius 2 is 1.81 bits per heavy atom. The maximum absolute atomic E-state index is 13.8. The molecule has 0 radical (unpaired) electrons. The van der Waals surface area contributed by atoms with Gasteiger partial charge in [0.15, 0.2) is 0 Å². The zero-order valence-corrected chi connectivity index (χ0v) is 22.2. The van der Waals surface area contributed by atoms with E-state index >= 15 is 0 Å². The molecule has 0 aromatic carbocycles. The average Bonchev–Trinajstić information content (AvgIpc) is 3.14. The first-order chi connectivity index (χ1) is 16.9. The second-order valence-corrected chi connectivity index (χ2v) is 12.8. The third-order valence-electron chi connectivity index (χ3n) is 9.04. The van der Waals surface area contributed by atoms with E-state index in [9.17, 15) is 24.4 Å². The Labute approximate surface area is 214 Å². The third kappa shape index (κ3) is 4.96. The van der Waals surface area contributed by atoms with E-state index < -0.39 is 23.5 Å². The number of hydrogen-bond donors (Lipinski definition) is 3. The summed E-state index contributed by atoms with van der Waals surface area (Å²) >= 11 is 0. The molecule has 3 N–H and O–H groups in total. The van der Waals surface area contributed by atoms with Crippen LogP contribution >= 0.6 is 0 Å². The fraction of sp³-hybridized carbons (Fsp3) is 0.815. The van der Waals surface area contributed by atoms with Crippen molar-refractivity contribution in [1.29, 1.82) is 5.26 Å². The van der Waals surface area contributed by atoms with Gasteiger partial charge in [0.25, 0.3) is 0 Å². The van der Waals surface area contributed by atoms with Crippen molar-refractivity contribution in [3.63, 3.8) is 0 Å². The van der Waals surface area contributed by atoms with Gasteiger partial charge in [-0.3, -0.25) is 19.2 Å². The molecule has 3 aliphatic heterocycles. The molecule has 7 atom stereocenters. The first kappa shape index (κ1) is 26.4. The minimum atomic E-state index is -0.800. The van der Waals surface area contributed by atoms with Crippen LogP contribution in [0.1, 0.15) is 73.1 Å². The van der Waals surface area contributed by atoms with Crippen molar-refractivity contribution >= 4 is 23.6 Å². The van der Waals surface area contributed by atoms with E-state index in [0.717, 1.165) is 25.7 Å². The lowest BCUT2D eigenvalue weighted by Crippen LogP contribution is -2.58. The molecule has 9 heteroatoms. The fourth-order valence-electron chi connectivity index (χ4n) is 6.63. The molecule has 1 aliphatic carbocycles. The molecule has 9 nitrogen and oxygen atoms in total. The van der Waals surface area contributed by atoms with Crippen LogP contribution in [0.2, 0.25) is 0 Å². The van der Waals surface area contributed by atoms with Crippen molar-refractivity contribution in [2.75, 3.05) is 13.1 Å². The van der Waals surface area contributed by atoms with Crippen LogP contribution in [0.4, 0.5) is 0 Å². The molecular weight excluding hydrogens is 458 g/mol. The summed E-state index contributed by atoms with van der Waals surface area (Å²) < 4.78 is 0. The summed E-state index contributed by atoms with van der Waals surface area (Å²) in [6.07, 6.45) is 3.98. The number of amides is 4. The van der Waals surface area contributed by atoms with E-state index in [2.05, 4.69) is 35.9 Å². The standard InChI is InChI=1S/C27H41N5O4/c1-26(2,3)25(36)31-19-9-7-6-8-15-10-11-29-22(33)17(15)12-16(13-28)30-23(34)21-20-18(27(20,4)5)14-32(21)24(19)35/h15-21H,6-12,14H2,1-5H3,(H,29,33)(H,30,34)(H,31,36)/t15-,16-,17+,18-,19-,20-,21-/m0/s1. The normalized spacial score (nSPS) is 36.7. The molecule has 4 rings (SSSR count). The Kier molecular flexibility index (Phi) is 7.11. The molecule has 4 aliphatic rings. The zero-order valence-electron chi connectivity index (χ0n) is 22.2. The van der Waals surface area contributed by atoms with E-state index in [1.165, 1.54) is 0 Å². The van der Waals surface area contributed by atoms with Gasteiger partial charge in [0, 0.05) is 24.4 Å². The van der Waals surface area contributed by atoms with Crippen molar-refractivity contribution < 1.29 is 19.2 Å². The first-order valence-corrected chi connectivity index (χ1v) is 13.5. The fourth-order valence-corrected chi connectivity index (χ4v) is 6.63. The molecule has 0 bridgehead atoms. The molecule has 3 saturated heterocycles. The number of hydrogen-bond acceptors (Lipinski definition) is 5. The van der Waals surface area contributed by atoms with Crippen molar-refractivity contribution in [3.8, 4) is 6.07 Å². The number of fused-ring (bicyclic) bond motifs is 4. The van der Waals surface area contributed by atoms with Crippen LogP contribution in [-0.4, -0.2) is 59.7 Å². The van der Waals surface area contributed by atoms with E-state index in [-0.39, 0.29) is 59.1 Å². The molecule has 0 unspecified atom stereocenters. The third-order valence-corrected chi connectivity index (χ3v) is 9.04. The predicted molar refractivity (Wildman–Crippen MR) is 133 cm³/mol. The lowest BCUT2D eigenvalue weighted by Gasteiger charge is -2.36. The van der Waals surface area contributed by atoms with E-state index in [1.54, 1.807) is 4.90 Å². The van der Waals surface area contributed by atoms with E-state index in [1.807, 2.05) is 20.8 Å². The Balaban J connectivity index is 1.63. The van der Waals surface area contributed by atoms with Crippen molar-refractivity contribution in [2.24, 2.45) is 34.5 Å². The van der Waals surface area contributed by atoms with Gasteiger partial charge < -0.3 is 20.9 Å². The van der Waals surface area contributed by atoms with Gasteiger partial charge in [-0.2, -0.15) is 5.26 Å². The van der Waals surface area contributed by atoms with Gasteiger partial charge in [0.1, 0.15) is 18.1 Å². The summed E-state index contributed by atoms with van der Waals surface area (Å²) in [5.74, 6) is -0.767. The van der Waals surface area contributed by atoms with Gasteiger partial charge in [-0.05, 0) is 48.9 Å². The Morgan fingerprint density at radius 3 is 2.47 bits per heavy atom. The average molecular weight is 500 g/mol. The van der Waals surface area contributed by atoms with Crippen molar-refractivity contribution in [3.05, 3.63) is 0 Å². The smallest absolute Gasteiger partial charge is 0.245 e. The quantitative estimate of drug-likeness (QED) is 0.506. The minimum Gasteiger partial charge on any atom is -0.356 e. The highest BCUT2D eigenvalue weighted by molar-refractivity contribution is 5.94. The van der Waals surface area contributed by atoms with Crippen LogP contribution in [0.25, 0.3) is 0 Å². The zero-order chi connectivity index (χ0) is 26.4. The maximum Gasteiger partial charge on any atom is 0.245 e. The van der Waals surface area contributed by atoms with Gasteiger partial charge in [-0.1, -0.05) is 47.5 Å². The van der Waals surface area contributed by atoms with Gasteiger partial charge in [0.05, 0.1) is 6.07 Å². The van der Waals surface area contributed by atoms with Crippen LogP contribution in [0.15, 0.2) is 0 Å². The largest absolute Gasteiger partial charge is 0.356 e. The van der Waals surface area contributed by atoms with Crippen LogP contribution in [0, 0.1) is 45.8 Å². The summed E-state index contributed by atoms with van der Waals surface area (Å²) in [6.45, 7) is 10.8. The Hall–Kier alpha value is -2.63. The lowest BCUT2D eigenvalue weighted by molar-refractivity contribution is -0.144. The van der Waals surface area contributed by atoms with Gasteiger partial charge in [0.2, 0.25) is 23.6 Å². The van der Waals surface area contributed by atoms with Gasteiger partial charge in [-0.25, -0.2) is 0 Å². The number of carbonyl (C=O) groups excluding carboxylic acids is 4. The number of nitriles is 1. The Morgan fingerprint density at radius 1 is 1.11 bits per heavy atom. The monoisotopic (exact) mass is 499 g/mol. The molecule has 4 amide bonds. The second-order valence-electron chi connectivity index (χ2n) is 12.8.